The smallest absolute Gasteiger partial charge is 0.0270 e. The van der Waals surface area contributed by atoms with Gasteiger partial charge in [-0.15, -0.1) is 0 Å². The van der Waals surface area contributed by atoms with E-state index < -0.39 is 0 Å². The molecule has 0 aromatic carbocycles. The maximum atomic E-state index is 4.16. The highest BCUT2D eigenvalue weighted by molar-refractivity contribution is 5.28. The molecule has 0 bridgehead atoms. The zero-order chi connectivity index (χ0) is 13.9. The monoisotopic (exact) mass is 260 g/mol. The average Bonchev–Trinajstić information content (AvgIpc) is 2.32. The first-order valence-electron chi connectivity index (χ1n) is 7.59. The van der Waals surface area contributed by atoms with Crippen LogP contribution in [0.1, 0.15) is 52.5 Å². The molecule has 1 aromatic rings. The maximum Gasteiger partial charge on any atom is 0.0270 e. The van der Waals surface area contributed by atoms with Crippen LogP contribution < -0.4 is 5.32 Å². The highest BCUT2D eigenvalue weighted by Crippen LogP contribution is 2.53. The molecule has 0 radical (unpaired) electrons. The number of rotatable bonds is 5. The number of hydrogen-bond donors (Lipinski definition) is 1. The summed E-state index contributed by atoms with van der Waals surface area (Å²) in [7, 11) is 0. The third kappa shape index (κ3) is 3.17. The predicted molar refractivity (Wildman–Crippen MR) is 81.3 cm³/mol. The van der Waals surface area contributed by atoms with Gasteiger partial charge in [0.05, 0.1) is 0 Å². The molecule has 0 saturated heterocycles. The minimum atomic E-state index is 0.343. The van der Waals surface area contributed by atoms with E-state index in [1.54, 1.807) is 0 Å². The SMILES string of the molecule is CCCNCC1(c2ccncc2)CC(C(C)(C)C)C1. The summed E-state index contributed by atoms with van der Waals surface area (Å²) in [6.07, 6.45) is 7.67. The lowest BCUT2D eigenvalue weighted by Gasteiger charge is -2.53. The third-order valence-corrected chi connectivity index (χ3v) is 4.68. The summed E-state index contributed by atoms with van der Waals surface area (Å²) in [6, 6.07) is 4.40. The average molecular weight is 260 g/mol. The first-order valence-corrected chi connectivity index (χ1v) is 7.59. The van der Waals surface area contributed by atoms with Crippen molar-refractivity contribution >= 4 is 0 Å². The summed E-state index contributed by atoms with van der Waals surface area (Å²) in [5.74, 6) is 0.837. The van der Waals surface area contributed by atoms with Crippen LogP contribution in [0.2, 0.25) is 0 Å². The minimum Gasteiger partial charge on any atom is -0.316 e. The van der Waals surface area contributed by atoms with E-state index >= 15 is 0 Å². The molecule has 2 heteroatoms. The molecular formula is C17H28N2. The van der Waals surface area contributed by atoms with Crippen LogP contribution in [0.5, 0.6) is 0 Å². The largest absolute Gasteiger partial charge is 0.316 e. The summed E-state index contributed by atoms with van der Waals surface area (Å²) >= 11 is 0. The van der Waals surface area contributed by atoms with Crippen molar-refractivity contribution in [2.75, 3.05) is 13.1 Å². The Balaban J connectivity index is 2.09. The fourth-order valence-electron chi connectivity index (χ4n) is 3.19. The molecule has 1 saturated carbocycles. The Kier molecular flexibility index (Phi) is 4.29. The van der Waals surface area contributed by atoms with Crippen LogP contribution in [-0.4, -0.2) is 18.1 Å². The van der Waals surface area contributed by atoms with Gasteiger partial charge in [0, 0.05) is 24.4 Å². The molecule has 2 rings (SSSR count). The van der Waals surface area contributed by atoms with Gasteiger partial charge in [-0.1, -0.05) is 27.7 Å². The van der Waals surface area contributed by atoms with E-state index in [1.807, 2.05) is 12.4 Å². The van der Waals surface area contributed by atoms with Gasteiger partial charge < -0.3 is 5.32 Å². The molecule has 0 spiro atoms. The fourth-order valence-corrected chi connectivity index (χ4v) is 3.19. The molecule has 0 atom stereocenters. The molecule has 1 aliphatic carbocycles. The van der Waals surface area contributed by atoms with Crippen molar-refractivity contribution in [2.24, 2.45) is 11.3 Å². The van der Waals surface area contributed by atoms with Crippen molar-refractivity contribution in [1.82, 2.24) is 10.3 Å². The van der Waals surface area contributed by atoms with Gasteiger partial charge in [-0.3, -0.25) is 4.98 Å². The normalized spacial score (nSPS) is 27.1. The van der Waals surface area contributed by atoms with Crippen molar-refractivity contribution < 1.29 is 0 Å². The third-order valence-electron chi connectivity index (χ3n) is 4.68. The van der Waals surface area contributed by atoms with Crippen LogP contribution in [0.4, 0.5) is 0 Å². The van der Waals surface area contributed by atoms with Gasteiger partial charge >= 0.3 is 0 Å². The lowest BCUT2D eigenvalue weighted by atomic mass is 9.52. The Morgan fingerprint density at radius 2 is 1.89 bits per heavy atom. The first kappa shape index (κ1) is 14.5. The summed E-state index contributed by atoms with van der Waals surface area (Å²) < 4.78 is 0. The molecule has 1 aliphatic rings. The van der Waals surface area contributed by atoms with Crippen LogP contribution >= 0.6 is 0 Å². The van der Waals surface area contributed by atoms with Gasteiger partial charge in [0.1, 0.15) is 0 Å². The van der Waals surface area contributed by atoms with Crippen molar-refractivity contribution in [1.29, 1.82) is 0 Å². The Morgan fingerprint density at radius 1 is 1.26 bits per heavy atom. The van der Waals surface area contributed by atoms with Crippen LogP contribution in [0.25, 0.3) is 0 Å². The highest BCUT2D eigenvalue weighted by Gasteiger charge is 2.48. The second-order valence-corrected chi connectivity index (χ2v) is 7.16. The van der Waals surface area contributed by atoms with Gasteiger partial charge in [-0.2, -0.15) is 0 Å². The minimum absolute atomic E-state index is 0.343. The van der Waals surface area contributed by atoms with Gasteiger partial charge in [0.2, 0.25) is 0 Å². The molecule has 0 amide bonds. The number of pyridine rings is 1. The molecular weight excluding hydrogens is 232 g/mol. The van der Waals surface area contributed by atoms with Gasteiger partial charge in [0.25, 0.3) is 0 Å². The van der Waals surface area contributed by atoms with Crippen LogP contribution in [0, 0.1) is 11.3 Å². The zero-order valence-corrected chi connectivity index (χ0v) is 12.9. The van der Waals surface area contributed by atoms with E-state index in [0.29, 0.717) is 10.8 Å². The summed E-state index contributed by atoms with van der Waals surface area (Å²) in [4.78, 5) is 4.16. The molecule has 2 nitrogen and oxygen atoms in total. The molecule has 1 N–H and O–H groups in total. The molecule has 1 aromatic heterocycles. The van der Waals surface area contributed by atoms with Crippen LogP contribution in [-0.2, 0) is 5.41 Å². The summed E-state index contributed by atoms with van der Waals surface area (Å²) in [5.41, 5.74) is 2.24. The van der Waals surface area contributed by atoms with Gasteiger partial charge in [-0.05, 0) is 54.8 Å². The molecule has 1 fully saturated rings. The number of nitrogens with one attached hydrogen (secondary N) is 1. The highest BCUT2D eigenvalue weighted by atomic mass is 14.9. The zero-order valence-electron chi connectivity index (χ0n) is 12.9. The predicted octanol–water partition coefficient (Wildman–Crippen LogP) is 3.78. The van der Waals surface area contributed by atoms with Crippen LogP contribution in [0.3, 0.4) is 0 Å². The van der Waals surface area contributed by atoms with E-state index in [0.717, 1.165) is 19.0 Å². The van der Waals surface area contributed by atoms with Crippen LogP contribution in [0.15, 0.2) is 24.5 Å². The van der Waals surface area contributed by atoms with E-state index in [1.165, 1.54) is 24.8 Å². The molecule has 106 valence electrons. The lowest BCUT2D eigenvalue weighted by Crippen LogP contribution is -2.52. The van der Waals surface area contributed by atoms with E-state index in [4.69, 9.17) is 0 Å². The molecule has 0 unspecified atom stereocenters. The fraction of sp³-hybridized carbons (Fsp3) is 0.706. The number of hydrogen-bond acceptors (Lipinski definition) is 2. The Hall–Kier alpha value is -0.890. The maximum absolute atomic E-state index is 4.16. The molecule has 0 aliphatic heterocycles. The quantitative estimate of drug-likeness (QED) is 0.815. The van der Waals surface area contributed by atoms with E-state index in [9.17, 15) is 0 Å². The Morgan fingerprint density at radius 3 is 2.42 bits per heavy atom. The topological polar surface area (TPSA) is 24.9 Å². The second-order valence-electron chi connectivity index (χ2n) is 7.16. The van der Waals surface area contributed by atoms with Crippen molar-refractivity contribution in [3.05, 3.63) is 30.1 Å². The standard InChI is InChI=1S/C17H28N2/c1-5-8-19-13-17(14-6-9-18-10-7-14)11-15(12-17)16(2,3)4/h6-7,9-10,15,19H,5,8,11-13H2,1-4H3. The second kappa shape index (κ2) is 5.62. The summed E-state index contributed by atoms with van der Waals surface area (Å²) in [6.45, 7) is 11.6. The number of aromatic nitrogens is 1. The Bertz CT molecular complexity index is 385. The van der Waals surface area contributed by atoms with Gasteiger partial charge in [-0.25, -0.2) is 0 Å². The lowest BCUT2D eigenvalue weighted by molar-refractivity contribution is 0.0449. The van der Waals surface area contributed by atoms with E-state index in [2.05, 4.69) is 50.1 Å². The van der Waals surface area contributed by atoms with Crippen molar-refractivity contribution in [3.63, 3.8) is 0 Å². The summed E-state index contributed by atoms with van der Waals surface area (Å²) in [5, 5.41) is 3.63. The molecule has 19 heavy (non-hydrogen) atoms. The Labute approximate surface area is 118 Å². The van der Waals surface area contributed by atoms with E-state index in [-0.39, 0.29) is 0 Å². The van der Waals surface area contributed by atoms with Crippen molar-refractivity contribution in [2.45, 2.75) is 52.4 Å². The first-order chi connectivity index (χ1) is 8.98. The molecule has 1 heterocycles. The number of nitrogens with zero attached hydrogens (tertiary/aromatic N) is 1. The van der Waals surface area contributed by atoms with Crippen molar-refractivity contribution in [3.8, 4) is 0 Å². The van der Waals surface area contributed by atoms with Gasteiger partial charge in [0.15, 0.2) is 0 Å².